The molecule has 9 heteroatoms. The number of hydrazine groups is 1. The van der Waals surface area contributed by atoms with Gasteiger partial charge in [-0.3, -0.25) is 20.5 Å². The van der Waals surface area contributed by atoms with Gasteiger partial charge in [0.25, 0.3) is 0 Å². The van der Waals surface area contributed by atoms with Crippen LogP contribution in [0.4, 0.5) is 0 Å². The summed E-state index contributed by atoms with van der Waals surface area (Å²) in [5, 5.41) is 5.93. The molecule has 1 amide bonds. The van der Waals surface area contributed by atoms with Crippen LogP contribution in [-0.2, 0) is 29.0 Å². The molecule has 0 radical (unpaired) electrons. The first-order valence-corrected chi connectivity index (χ1v) is 11.7. The molecule has 174 valence electrons. The van der Waals surface area contributed by atoms with Crippen LogP contribution in [-0.4, -0.2) is 43.1 Å². The minimum absolute atomic E-state index is 0.175. The Balaban J connectivity index is 1.20. The lowest BCUT2D eigenvalue weighted by Gasteiger charge is -2.29. The van der Waals surface area contributed by atoms with E-state index in [0.29, 0.717) is 25.0 Å². The molecule has 9 nitrogen and oxygen atoms in total. The normalized spacial score (nSPS) is 18.3. The Bertz CT molecular complexity index is 879. The van der Waals surface area contributed by atoms with Gasteiger partial charge in [0.1, 0.15) is 0 Å². The zero-order valence-corrected chi connectivity index (χ0v) is 18.9. The Morgan fingerprint density at radius 2 is 2.19 bits per heavy atom. The number of hydrogen-bond acceptors (Lipinski definition) is 8. The highest BCUT2D eigenvalue weighted by atomic mass is 16.5. The van der Waals surface area contributed by atoms with Crippen molar-refractivity contribution in [2.24, 2.45) is 16.6 Å². The summed E-state index contributed by atoms with van der Waals surface area (Å²) in [7, 11) is 0. The summed E-state index contributed by atoms with van der Waals surface area (Å²) in [6.45, 7) is 6.92. The summed E-state index contributed by atoms with van der Waals surface area (Å²) in [5.74, 6) is 1.24. The van der Waals surface area contributed by atoms with Gasteiger partial charge in [-0.25, -0.2) is 0 Å². The first-order valence-electron chi connectivity index (χ1n) is 11.7. The highest BCUT2D eigenvalue weighted by Crippen LogP contribution is 2.31. The Morgan fingerprint density at radius 1 is 1.31 bits per heavy atom. The van der Waals surface area contributed by atoms with Gasteiger partial charge in [-0.15, -0.1) is 0 Å². The molecule has 1 saturated carbocycles. The van der Waals surface area contributed by atoms with Crippen LogP contribution in [0.2, 0.25) is 0 Å². The highest BCUT2D eigenvalue weighted by molar-refractivity contribution is 5.81. The van der Waals surface area contributed by atoms with Crippen LogP contribution >= 0.6 is 0 Å². The Labute approximate surface area is 189 Å². The first kappa shape index (κ1) is 22.4. The number of carbonyl (C=O) groups is 1. The zero-order chi connectivity index (χ0) is 22.3. The van der Waals surface area contributed by atoms with Crippen LogP contribution in [0.1, 0.15) is 49.3 Å². The predicted molar refractivity (Wildman–Crippen MR) is 124 cm³/mol. The van der Waals surface area contributed by atoms with Gasteiger partial charge in [-0.1, -0.05) is 31.5 Å². The fourth-order valence-corrected chi connectivity index (χ4v) is 3.95. The van der Waals surface area contributed by atoms with Gasteiger partial charge >= 0.3 is 6.02 Å². The minimum Gasteiger partial charge on any atom is -0.464 e. The van der Waals surface area contributed by atoms with Gasteiger partial charge in [0.15, 0.2) is 11.6 Å². The van der Waals surface area contributed by atoms with Crippen molar-refractivity contribution in [3.63, 3.8) is 0 Å². The van der Waals surface area contributed by atoms with E-state index < -0.39 is 0 Å². The van der Waals surface area contributed by atoms with E-state index in [9.17, 15) is 4.79 Å². The summed E-state index contributed by atoms with van der Waals surface area (Å²) in [4.78, 5) is 19.0. The highest BCUT2D eigenvalue weighted by Gasteiger charge is 2.26. The van der Waals surface area contributed by atoms with Crippen molar-refractivity contribution >= 4 is 11.9 Å². The lowest BCUT2D eigenvalue weighted by Crippen LogP contribution is -2.49. The van der Waals surface area contributed by atoms with E-state index in [-0.39, 0.29) is 18.3 Å². The summed E-state index contributed by atoms with van der Waals surface area (Å²) in [6.07, 6.45) is 5.88. The third kappa shape index (κ3) is 6.37. The molecular weight excluding hydrogens is 406 g/mol. The molecule has 0 unspecified atom stereocenters. The first-order chi connectivity index (χ1) is 15.6. The maximum Gasteiger partial charge on any atom is 0.310 e. The van der Waals surface area contributed by atoms with Crippen LogP contribution in [0.3, 0.4) is 0 Å². The van der Waals surface area contributed by atoms with Crippen LogP contribution in [0.15, 0.2) is 34.8 Å². The number of aliphatic imine (C=N–C) groups is 1. The van der Waals surface area contributed by atoms with Crippen LogP contribution in [0.5, 0.6) is 0 Å². The largest absolute Gasteiger partial charge is 0.464 e. The number of rotatable bonds is 10. The second kappa shape index (κ2) is 10.7. The topological polar surface area (TPSA) is 116 Å². The van der Waals surface area contributed by atoms with Crippen LogP contribution in [0, 0.1) is 5.92 Å². The number of amides is 1. The Morgan fingerprint density at radius 3 is 2.97 bits per heavy atom. The predicted octanol–water partition coefficient (Wildman–Crippen LogP) is 1.03. The monoisotopic (exact) mass is 441 g/mol. The molecule has 0 bridgehead atoms. The molecule has 0 saturated heterocycles. The van der Waals surface area contributed by atoms with Crippen molar-refractivity contribution in [3.05, 3.63) is 46.5 Å². The molecule has 3 aliphatic rings. The molecule has 2 heterocycles. The average molecular weight is 442 g/mol. The van der Waals surface area contributed by atoms with E-state index in [1.54, 1.807) is 0 Å². The van der Waals surface area contributed by atoms with Gasteiger partial charge in [0.05, 0.1) is 13.2 Å². The Kier molecular flexibility index (Phi) is 7.49. The molecule has 1 fully saturated rings. The van der Waals surface area contributed by atoms with Gasteiger partial charge in [0.2, 0.25) is 5.91 Å². The lowest BCUT2D eigenvalue weighted by molar-refractivity contribution is -0.119. The molecule has 1 aliphatic carbocycles. The van der Waals surface area contributed by atoms with Crippen LogP contribution in [0.25, 0.3) is 0 Å². The zero-order valence-electron chi connectivity index (χ0n) is 18.9. The lowest BCUT2D eigenvalue weighted by atomic mass is 9.97. The number of ether oxygens (including phenoxy) is 1. The number of nitrogens with two attached hydrogens (primary N) is 1. The van der Waals surface area contributed by atoms with Gasteiger partial charge < -0.3 is 21.1 Å². The molecule has 6 N–H and O–H groups in total. The minimum atomic E-state index is -0.198. The number of nitrogens with zero attached hydrogens (tertiary/aromatic N) is 2. The van der Waals surface area contributed by atoms with E-state index in [1.165, 1.54) is 36.1 Å². The molecule has 4 rings (SSSR count). The Hall–Kier alpha value is -2.78. The molecule has 0 spiro atoms. The number of benzene rings is 1. The van der Waals surface area contributed by atoms with Gasteiger partial charge in [-0.05, 0) is 48.3 Å². The molecular formula is C23H35N7O2. The number of carbonyl (C=O) groups excluding carboxylic acids is 1. The van der Waals surface area contributed by atoms with Gasteiger partial charge in [0, 0.05) is 26.2 Å². The fraction of sp³-hybridized carbons (Fsp3) is 0.565. The van der Waals surface area contributed by atoms with E-state index in [4.69, 9.17) is 10.5 Å². The third-order valence-corrected chi connectivity index (χ3v) is 5.96. The second-order valence-corrected chi connectivity index (χ2v) is 8.81. The van der Waals surface area contributed by atoms with Crippen molar-refractivity contribution in [2.75, 3.05) is 26.2 Å². The molecule has 32 heavy (non-hydrogen) atoms. The molecule has 1 aromatic rings. The smallest absolute Gasteiger partial charge is 0.310 e. The summed E-state index contributed by atoms with van der Waals surface area (Å²) in [5.41, 5.74) is 15.6. The van der Waals surface area contributed by atoms with Gasteiger partial charge in [-0.2, -0.15) is 4.99 Å². The quantitative estimate of drug-likeness (QED) is 0.344. The average Bonchev–Trinajstić information content (AvgIpc) is 3.60. The van der Waals surface area contributed by atoms with Crippen molar-refractivity contribution in [2.45, 2.75) is 52.1 Å². The number of unbranched alkanes of at least 4 members (excludes halogenated alkanes) is 1. The maximum absolute atomic E-state index is 12.3. The fourth-order valence-electron chi connectivity index (χ4n) is 3.95. The summed E-state index contributed by atoms with van der Waals surface area (Å²) < 4.78 is 5.46. The number of fused-ring (bicyclic) bond motifs is 1. The van der Waals surface area contributed by atoms with Crippen molar-refractivity contribution in [3.8, 4) is 0 Å². The summed E-state index contributed by atoms with van der Waals surface area (Å²) >= 11 is 0. The van der Waals surface area contributed by atoms with E-state index in [0.717, 1.165) is 38.3 Å². The number of amidine groups is 1. The van der Waals surface area contributed by atoms with Crippen molar-refractivity contribution in [1.82, 2.24) is 26.4 Å². The standard InChI is InChI=1S/C23H35N7O2/c1-2-3-10-32-23-27-21(24)22(28-29-23)26-20(31)13-25-12-17-6-7-19-15-30(14-16-4-5-16)9-8-18(19)11-17/h6-7,11,16,25,28H,2-5,8-10,12-15,24H2,1H3,(H,26,31)(H,27,29). The SMILES string of the molecule is CCCCOC1=NC(N)=C(NC(=O)CNCc2ccc3c(c2)CCN(CC2CC2)C3)NN1. The van der Waals surface area contributed by atoms with E-state index in [1.807, 2.05) is 0 Å². The maximum atomic E-state index is 12.3. The molecule has 2 aliphatic heterocycles. The molecule has 0 aromatic heterocycles. The molecule has 1 aromatic carbocycles. The summed E-state index contributed by atoms with van der Waals surface area (Å²) in [6, 6.07) is 6.98. The number of hydrogen-bond donors (Lipinski definition) is 5. The molecule has 0 atom stereocenters. The second-order valence-electron chi connectivity index (χ2n) is 8.81. The van der Waals surface area contributed by atoms with Crippen LogP contribution < -0.4 is 27.2 Å². The van der Waals surface area contributed by atoms with E-state index in [2.05, 4.69) is 56.5 Å². The van der Waals surface area contributed by atoms with Crippen molar-refractivity contribution in [1.29, 1.82) is 0 Å². The van der Waals surface area contributed by atoms with Crippen molar-refractivity contribution < 1.29 is 9.53 Å². The number of nitrogens with one attached hydrogen (secondary N) is 4. The third-order valence-electron chi connectivity index (χ3n) is 5.96. The van der Waals surface area contributed by atoms with E-state index >= 15 is 0 Å².